The topological polar surface area (TPSA) is 43.4 Å². The minimum absolute atomic E-state index is 0.00457. The number of Topliss-reactive ketones (excluding diaryl/α,β-unsaturated/α-hetero) is 1. The van der Waals surface area contributed by atoms with Gasteiger partial charge in [0.2, 0.25) is 0 Å². The first kappa shape index (κ1) is 19.7. The maximum atomic E-state index is 13.3. The van der Waals surface area contributed by atoms with Crippen molar-refractivity contribution >= 4 is 11.8 Å². The molecule has 0 radical (unpaired) electrons. The molecule has 0 bridgehead atoms. The molecule has 0 N–H and O–H groups in total. The zero-order valence-electron chi connectivity index (χ0n) is 14.5. The molecular formula is C20H19F3O3. The van der Waals surface area contributed by atoms with Crippen LogP contribution < -0.4 is 0 Å². The van der Waals surface area contributed by atoms with Crippen molar-refractivity contribution in [3.63, 3.8) is 0 Å². The Bertz CT molecular complexity index is 762. The summed E-state index contributed by atoms with van der Waals surface area (Å²) in [5, 5.41) is 0. The summed E-state index contributed by atoms with van der Waals surface area (Å²) in [6.07, 6.45) is 0.00457. The Morgan fingerprint density at radius 2 is 1.62 bits per heavy atom. The van der Waals surface area contributed by atoms with Gasteiger partial charge in [0.1, 0.15) is 11.7 Å². The number of esters is 1. The Balaban J connectivity index is 2.26. The normalized spacial score (nSPS) is 12.5. The summed E-state index contributed by atoms with van der Waals surface area (Å²) in [5.74, 6) is -5.80. The van der Waals surface area contributed by atoms with Crippen LogP contribution in [0.4, 0.5) is 13.2 Å². The number of ketones is 1. The molecule has 26 heavy (non-hydrogen) atoms. The lowest BCUT2D eigenvalue weighted by Gasteiger charge is -2.16. The molecule has 1 unspecified atom stereocenters. The van der Waals surface area contributed by atoms with Crippen molar-refractivity contribution in [2.45, 2.75) is 26.2 Å². The van der Waals surface area contributed by atoms with E-state index in [-0.39, 0.29) is 24.2 Å². The van der Waals surface area contributed by atoms with Gasteiger partial charge in [-0.15, -0.1) is 0 Å². The van der Waals surface area contributed by atoms with Gasteiger partial charge in [-0.25, -0.2) is 13.2 Å². The molecule has 0 spiro atoms. The molecule has 3 nitrogen and oxygen atoms in total. The zero-order chi connectivity index (χ0) is 19.3. The number of carbonyl (C=O) groups is 2. The second-order valence-corrected chi connectivity index (χ2v) is 5.97. The minimum Gasteiger partial charge on any atom is -0.465 e. The SMILES string of the molecule is CCOC(=O)C(Cc1ccc(C(C)(F)F)cc1)C(=O)c1ccc(F)cc1. The van der Waals surface area contributed by atoms with Crippen LogP contribution in [0.5, 0.6) is 0 Å². The van der Waals surface area contributed by atoms with E-state index in [1.165, 1.54) is 36.4 Å². The lowest BCUT2D eigenvalue weighted by molar-refractivity contribution is -0.146. The van der Waals surface area contributed by atoms with Gasteiger partial charge in [0.05, 0.1) is 6.61 Å². The van der Waals surface area contributed by atoms with E-state index < -0.39 is 29.4 Å². The third-order valence-corrected chi connectivity index (χ3v) is 3.92. The fourth-order valence-electron chi connectivity index (χ4n) is 2.51. The Morgan fingerprint density at radius 3 is 2.12 bits per heavy atom. The number of benzene rings is 2. The molecule has 0 aromatic heterocycles. The Hall–Kier alpha value is -2.63. The largest absolute Gasteiger partial charge is 0.465 e. The van der Waals surface area contributed by atoms with E-state index in [9.17, 15) is 22.8 Å². The summed E-state index contributed by atoms with van der Waals surface area (Å²) in [6.45, 7) is 2.52. The van der Waals surface area contributed by atoms with Crippen LogP contribution >= 0.6 is 0 Å². The van der Waals surface area contributed by atoms with Crippen LogP contribution in [0.2, 0.25) is 0 Å². The first-order valence-corrected chi connectivity index (χ1v) is 8.16. The van der Waals surface area contributed by atoms with Gasteiger partial charge in [-0.2, -0.15) is 0 Å². The maximum Gasteiger partial charge on any atom is 0.317 e. The molecular weight excluding hydrogens is 345 g/mol. The predicted molar refractivity (Wildman–Crippen MR) is 90.6 cm³/mol. The molecule has 0 aliphatic heterocycles. The van der Waals surface area contributed by atoms with Crippen molar-refractivity contribution in [3.8, 4) is 0 Å². The van der Waals surface area contributed by atoms with Crippen molar-refractivity contribution < 1.29 is 27.5 Å². The molecule has 2 aromatic rings. The third-order valence-electron chi connectivity index (χ3n) is 3.92. The van der Waals surface area contributed by atoms with Crippen LogP contribution in [0.25, 0.3) is 0 Å². The summed E-state index contributed by atoms with van der Waals surface area (Å²) < 4.78 is 44.6. The lowest BCUT2D eigenvalue weighted by atomic mass is 9.90. The van der Waals surface area contributed by atoms with E-state index in [0.29, 0.717) is 5.56 Å². The summed E-state index contributed by atoms with van der Waals surface area (Å²) in [5.41, 5.74) is 0.575. The molecule has 0 heterocycles. The molecule has 0 amide bonds. The average Bonchev–Trinajstić information content (AvgIpc) is 2.59. The van der Waals surface area contributed by atoms with Crippen molar-refractivity contribution in [2.75, 3.05) is 6.61 Å². The standard InChI is InChI=1S/C20H19F3O3/c1-3-26-19(25)17(18(24)14-6-10-16(21)11-7-14)12-13-4-8-15(9-5-13)20(2,22)23/h4-11,17H,3,12H2,1-2H3. The van der Waals surface area contributed by atoms with E-state index in [0.717, 1.165) is 19.1 Å². The van der Waals surface area contributed by atoms with E-state index in [1.807, 2.05) is 0 Å². The second kappa shape index (κ2) is 8.17. The Morgan fingerprint density at radius 1 is 1.04 bits per heavy atom. The van der Waals surface area contributed by atoms with E-state index in [2.05, 4.69) is 0 Å². The monoisotopic (exact) mass is 364 g/mol. The predicted octanol–water partition coefficient (Wildman–Crippen LogP) is 4.54. The summed E-state index contributed by atoms with van der Waals surface area (Å²) in [6, 6.07) is 10.3. The number of alkyl halides is 2. The number of hydrogen-bond acceptors (Lipinski definition) is 3. The third kappa shape index (κ3) is 4.94. The molecule has 0 fully saturated rings. The highest BCUT2D eigenvalue weighted by atomic mass is 19.3. The molecule has 6 heteroatoms. The van der Waals surface area contributed by atoms with Gasteiger partial charge >= 0.3 is 5.97 Å². The molecule has 2 aromatic carbocycles. The van der Waals surface area contributed by atoms with Crippen LogP contribution in [-0.2, 0) is 21.9 Å². The zero-order valence-corrected chi connectivity index (χ0v) is 14.5. The van der Waals surface area contributed by atoms with E-state index in [4.69, 9.17) is 4.74 Å². The van der Waals surface area contributed by atoms with Gasteiger partial charge in [0.15, 0.2) is 5.78 Å². The highest BCUT2D eigenvalue weighted by Crippen LogP contribution is 2.27. The fraction of sp³-hybridized carbons (Fsp3) is 0.300. The summed E-state index contributed by atoms with van der Waals surface area (Å²) in [7, 11) is 0. The summed E-state index contributed by atoms with van der Waals surface area (Å²) in [4.78, 5) is 24.9. The van der Waals surface area contributed by atoms with Crippen LogP contribution in [0.3, 0.4) is 0 Å². The average molecular weight is 364 g/mol. The van der Waals surface area contributed by atoms with Gasteiger partial charge in [-0.05, 0) is 43.2 Å². The molecule has 0 saturated carbocycles. The van der Waals surface area contributed by atoms with Gasteiger partial charge < -0.3 is 4.74 Å². The number of carbonyl (C=O) groups excluding carboxylic acids is 2. The Labute approximate surface area is 149 Å². The highest BCUT2D eigenvalue weighted by molar-refractivity contribution is 6.08. The maximum absolute atomic E-state index is 13.3. The van der Waals surface area contributed by atoms with Crippen LogP contribution in [0.15, 0.2) is 48.5 Å². The van der Waals surface area contributed by atoms with Gasteiger partial charge in [0, 0.05) is 18.1 Å². The molecule has 1 atom stereocenters. The van der Waals surface area contributed by atoms with Crippen molar-refractivity contribution in [2.24, 2.45) is 5.92 Å². The number of halogens is 3. The van der Waals surface area contributed by atoms with Gasteiger partial charge in [0.25, 0.3) is 5.92 Å². The summed E-state index contributed by atoms with van der Waals surface area (Å²) >= 11 is 0. The second-order valence-electron chi connectivity index (χ2n) is 5.97. The van der Waals surface area contributed by atoms with Crippen molar-refractivity contribution in [3.05, 3.63) is 71.0 Å². The number of ether oxygens (including phenoxy) is 1. The van der Waals surface area contributed by atoms with Crippen LogP contribution in [0.1, 0.15) is 35.3 Å². The molecule has 0 aliphatic rings. The highest BCUT2D eigenvalue weighted by Gasteiger charge is 2.30. The van der Waals surface area contributed by atoms with Gasteiger partial charge in [-0.1, -0.05) is 24.3 Å². The molecule has 0 saturated heterocycles. The minimum atomic E-state index is -2.97. The molecule has 0 aliphatic carbocycles. The number of hydrogen-bond donors (Lipinski definition) is 0. The first-order valence-electron chi connectivity index (χ1n) is 8.16. The molecule has 2 rings (SSSR count). The van der Waals surface area contributed by atoms with E-state index >= 15 is 0 Å². The smallest absolute Gasteiger partial charge is 0.317 e. The number of rotatable bonds is 7. The van der Waals surface area contributed by atoms with Crippen LogP contribution in [0, 0.1) is 11.7 Å². The van der Waals surface area contributed by atoms with Crippen LogP contribution in [-0.4, -0.2) is 18.4 Å². The lowest BCUT2D eigenvalue weighted by Crippen LogP contribution is -2.28. The van der Waals surface area contributed by atoms with Gasteiger partial charge in [-0.3, -0.25) is 9.59 Å². The van der Waals surface area contributed by atoms with Crippen molar-refractivity contribution in [1.82, 2.24) is 0 Å². The quantitative estimate of drug-likeness (QED) is 0.411. The Kier molecular flexibility index (Phi) is 6.18. The fourth-order valence-corrected chi connectivity index (χ4v) is 2.51. The van der Waals surface area contributed by atoms with Crippen molar-refractivity contribution in [1.29, 1.82) is 0 Å². The van der Waals surface area contributed by atoms with E-state index in [1.54, 1.807) is 6.92 Å². The first-order chi connectivity index (χ1) is 12.2. The molecule has 138 valence electrons.